The molecule has 0 spiro atoms. The maximum atomic E-state index is 14.0. The number of sulfonamides is 2. The molecule has 19 heteroatoms. The van der Waals surface area contributed by atoms with Crippen LogP contribution in [0, 0.1) is 13.8 Å². The van der Waals surface area contributed by atoms with E-state index in [1.54, 1.807) is 60.7 Å². The number of rotatable bonds is 16. The van der Waals surface area contributed by atoms with Crippen LogP contribution in [-0.4, -0.2) is 64.8 Å². The summed E-state index contributed by atoms with van der Waals surface area (Å²) in [5.41, 5.74) is 9.18. The van der Waals surface area contributed by atoms with Gasteiger partial charge in [-0.2, -0.15) is 0 Å². The summed E-state index contributed by atoms with van der Waals surface area (Å²) in [5, 5.41) is 11.2. The number of nitrogens with one attached hydrogen (secondary N) is 2. The fourth-order valence-corrected chi connectivity index (χ4v) is 13.2. The summed E-state index contributed by atoms with van der Waals surface area (Å²) in [5.74, 6) is -1.06. The largest absolute Gasteiger partial charge is 0.454 e. The average molecular weight is 1110 g/mol. The quantitative estimate of drug-likeness (QED) is 0.0775. The Bertz CT molecular complexity index is 3860. The Morgan fingerprint density at radius 2 is 1.01 bits per heavy atom. The lowest BCUT2D eigenvalue weighted by atomic mass is 9.90. The van der Waals surface area contributed by atoms with E-state index in [0.29, 0.717) is 75.8 Å². The van der Waals surface area contributed by atoms with Crippen molar-refractivity contribution in [3.8, 4) is 23.0 Å². The van der Waals surface area contributed by atoms with Crippen molar-refractivity contribution >= 4 is 62.0 Å². The van der Waals surface area contributed by atoms with Crippen molar-refractivity contribution in [2.75, 3.05) is 13.6 Å². The van der Waals surface area contributed by atoms with Gasteiger partial charge in [0.2, 0.25) is 25.4 Å². The fraction of sp³-hybridized carbons (Fsp3) is 0.288. The van der Waals surface area contributed by atoms with Gasteiger partial charge in [0.25, 0.3) is 20.0 Å². The number of amides is 2. The normalized spacial score (nSPS) is 13.8. The summed E-state index contributed by atoms with van der Waals surface area (Å²) in [6, 6.07) is 32.2. The van der Waals surface area contributed by atoms with Crippen molar-refractivity contribution in [3.63, 3.8) is 0 Å². The van der Waals surface area contributed by atoms with Crippen LogP contribution in [0.4, 0.5) is 0 Å². The van der Waals surface area contributed by atoms with Crippen LogP contribution >= 0.6 is 0 Å². The predicted molar refractivity (Wildman–Crippen MR) is 300 cm³/mol. The Hall–Kier alpha value is -7.42. The number of fused-ring (bicyclic) bond motifs is 4. The number of aliphatic hydroxyl groups excluding tert-OH is 1. The van der Waals surface area contributed by atoms with Crippen LogP contribution in [-0.2, 0) is 74.2 Å². The topological polar surface area (TPSA) is 203 Å². The van der Waals surface area contributed by atoms with Crippen molar-refractivity contribution in [2.45, 2.75) is 95.0 Å². The average Bonchev–Trinajstić information content (AvgIpc) is 4.28. The molecule has 78 heavy (non-hydrogen) atoms. The van der Waals surface area contributed by atoms with Crippen LogP contribution in [0.1, 0.15) is 81.3 Å². The first-order chi connectivity index (χ1) is 37.1. The molecule has 408 valence electrons. The van der Waals surface area contributed by atoms with Crippen LogP contribution in [0.3, 0.4) is 0 Å². The molecule has 10 rings (SSSR count). The fourth-order valence-electron chi connectivity index (χ4n) is 9.99. The first-order valence-electron chi connectivity index (χ1n) is 25.6. The van der Waals surface area contributed by atoms with Gasteiger partial charge in [0.05, 0.1) is 34.8 Å². The molecular weight excluding hydrogens is 1050 g/mol. The van der Waals surface area contributed by atoms with E-state index in [2.05, 4.69) is 35.2 Å². The summed E-state index contributed by atoms with van der Waals surface area (Å²) in [4.78, 5) is 28.1. The van der Waals surface area contributed by atoms with Crippen molar-refractivity contribution in [3.05, 3.63) is 177 Å². The highest BCUT2D eigenvalue weighted by atomic mass is 32.2. The lowest BCUT2D eigenvalue weighted by Crippen LogP contribution is -2.35. The number of hydrogen-bond acceptors (Lipinski definition) is 12. The Kier molecular flexibility index (Phi) is 15.7. The third-order valence-electron chi connectivity index (χ3n) is 13.9. The van der Waals surface area contributed by atoms with E-state index in [-0.39, 0.29) is 30.0 Å². The van der Waals surface area contributed by atoms with Gasteiger partial charge in [-0.3, -0.25) is 9.59 Å². The maximum absolute atomic E-state index is 14.0. The number of aliphatic hydroxyl groups is 1. The monoisotopic (exact) mass is 1110 g/mol. The van der Waals surface area contributed by atoms with Gasteiger partial charge in [0, 0.05) is 48.3 Å². The highest BCUT2D eigenvalue weighted by molar-refractivity contribution is 7.90. The molecule has 2 unspecified atom stereocenters. The third kappa shape index (κ3) is 11.6. The predicted octanol–water partition coefficient (Wildman–Crippen LogP) is 9.67. The zero-order valence-electron chi connectivity index (χ0n) is 45.1. The van der Waals surface area contributed by atoms with Crippen LogP contribution in [0.5, 0.6) is 23.0 Å². The Morgan fingerprint density at radius 3 is 1.44 bits per heavy atom. The molecule has 4 heterocycles. The molecule has 2 aliphatic heterocycles. The minimum absolute atomic E-state index is 0.0788. The Balaban J connectivity index is 0.000000191. The Morgan fingerprint density at radius 1 is 0.590 bits per heavy atom. The molecule has 2 aliphatic rings. The van der Waals surface area contributed by atoms with E-state index < -0.39 is 52.0 Å². The smallest absolute Gasteiger partial charge is 0.264 e. The van der Waals surface area contributed by atoms with Gasteiger partial charge >= 0.3 is 0 Å². The van der Waals surface area contributed by atoms with E-state index in [9.17, 15) is 31.5 Å². The van der Waals surface area contributed by atoms with Crippen LogP contribution in [0.15, 0.2) is 131 Å². The molecular formula is C59H64N4O12S2Si. The van der Waals surface area contributed by atoms with Gasteiger partial charge in [-0.1, -0.05) is 85.6 Å². The summed E-state index contributed by atoms with van der Waals surface area (Å²) >= 11 is 0. The van der Waals surface area contributed by atoms with Crippen molar-refractivity contribution in [1.29, 1.82) is 0 Å². The summed E-state index contributed by atoms with van der Waals surface area (Å²) < 4.78 is 90.7. The summed E-state index contributed by atoms with van der Waals surface area (Å²) in [6.45, 7) is 14.6. The first-order valence-corrected chi connectivity index (χ1v) is 32.0. The minimum Gasteiger partial charge on any atom is -0.454 e. The van der Waals surface area contributed by atoms with E-state index in [1.165, 1.54) is 6.07 Å². The van der Waals surface area contributed by atoms with Crippen molar-refractivity contribution in [2.24, 2.45) is 14.1 Å². The second-order valence-electron chi connectivity index (χ2n) is 20.6. The molecule has 2 aromatic heterocycles. The molecule has 2 atom stereocenters. The molecule has 3 N–H and O–H groups in total. The SMILES string of the molecule is CCc1cc(C)ccc1S(=O)(=O)NC(=O)C(c1ccc2c(c1)OCO2)c1cn(C)c2cc(CO)ccc12.CCc1cc(C)ccc1S(=O)(=O)NC(=O)C(c1ccc2c(c1)OCO2)c1cn(C)c2cc(CO[Si](C)(C)C)ccc12. The maximum Gasteiger partial charge on any atom is 0.264 e. The number of aromatic nitrogens is 2. The number of aryl methyl sites for hydroxylation is 6. The lowest BCUT2D eigenvalue weighted by Gasteiger charge is -2.19. The van der Waals surface area contributed by atoms with E-state index in [0.717, 1.165) is 44.1 Å². The van der Waals surface area contributed by atoms with Crippen LogP contribution in [0.2, 0.25) is 19.6 Å². The van der Waals surface area contributed by atoms with Gasteiger partial charge < -0.3 is 37.6 Å². The number of nitrogens with zero attached hydrogens (tertiary/aromatic N) is 2. The van der Waals surface area contributed by atoms with Crippen molar-refractivity contribution < 1.29 is 54.9 Å². The number of benzene rings is 6. The first kappa shape index (κ1) is 55.3. The summed E-state index contributed by atoms with van der Waals surface area (Å²) in [6.07, 6.45) is 4.73. The second kappa shape index (κ2) is 22.1. The number of carbonyl (C=O) groups excluding carboxylic acids is 2. The van der Waals surface area contributed by atoms with Gasteiger partial charge in [-0.05, 0) is 139 Å². The Labute approximate surface area is 456 Å². The summed E-state index contributed by atoms with van der Waals surface area (Å²) in [7, 11) is -6.22. The van der Waals surface area contributed by atoms with Crippen molar-refractivity contribution in [1.82, 2.24) is 18.6 Å². The van der Waals surface area contributed by atoms with E-state index in [1.807, 2.05) is 99.7 Å². The second-order valence-corrected chi connectivity index (χ2v) is 28.4. The molecule has 6 aromatic carbocycles. The number of ether oxygens (including phenoxy) is 4. The standard InChI is InChI=1S/C31H36N2O6SSi.C28H28N2O6S/c1-7-22-14-20(2)8-13-29(22)40(35,36)32-31(34)30(23-10-12-27-28(16-23)38-19-37-27)25-17-33(3)26-15-21(9-11-24(25)26)18-39-41(4,5)6;1-4-19-11-17(2)5-10-26(19)37(33,34)29-28(32)27(20-7-9-24-25(13-20)36-16-35-24)22-14-30(3)23-12-18(15-31)6-8-21(22)23/h8-17,30H,7,18-19H2,1-6H3,(H,32,34);5-14,27,31H,4,15-16H2,1-3H3,(H,29,32). The zero-order valence-corrected chi connectivity index (χ0v) is 47.7. The molecule has 0 fully saturated rings. The highest BCUT2D eigenvalue weighted by Gasteiger charge is 2.34. The van der Waals surface area contributed by atoms with Crippen LogP contribution < -0.4 is 28.4 Å². The van der Waals surface area contributed by atoms with Gasteiger partial charge in [-0.15, -0.1) is 0 Å². The number of carbonyl (C=O) groups is 2. The molecule has 0 saturated carbocycles. The number of hydrogen-bond donors (Lipinski definition) is 3. The van der Waals surface area contributed by atoms with Gasteiger partial charge in [-0.25, -0.2) is 26.3 Å². The minimum atomic E-state index is -4.14. The molecule has 0 bridgehead atoms. The molecule has 2 amide bonds. The van der Waals surface area contributed by atoms with Gasteiger partial charge in [0.1, 0.15) is 0 Å². The molecule has 8 aromatic rings. The van der Waals surface area contributed by atoms with Gasteiger partial charge in [0.15, 0.2) is 31.3 Å². The molecule has 0 aliphatic carbocycles. The lowest BCUT2D eigenvalue weighted by molar-refractivity contribution is -0.120. The van der Waals surface area contributed by atoms with Crippen LogP contribution in [0.25, 0.3) is 21.8 Å². The highest BCUT2D eigenvalue weighted by Crippen LogP contribution is 2.41. The molecule has 16 nitrogen and oxygen atoms in total. The zero-order chi connectivity index (χ0) is 55.8. The van der Waals surface area contributed by atoms with E-state index >= 15 is 0 Å². The van der Waals surface area contributed by atoms with E-state index in [4.69, 9.17) is 23.4 Å². The molecule has 0 saturated heterocycles. The third-order valence-corrected chi connectivity index (χ3v) is 17.8. The molecule has 0 radical (unpaired) electrons.